The van der Waals surface area contributed by atoms with Crippen LogP contribution in [0, 0.1) is 11.3 Å². The van der Waals surface area contributed by atoms with Crippen LogP contribution in [0.15, 0.2) is 40.8 Å². The van der Waals surface area contributed by atoms with E-state index in [4.69, 9.17) is 23.8 Å². The summed E-state index contributed by atoms with van der Waals surface area (Å²) in [5.41, 5.74) is 2.48. The molecular formula is C13H8ClNS2. The zero-order valence-corrected chi connectivity index (χ0v) is 11.4. The van der Waals surface area contributed by atoms with Gasteiger partial charge in [-0.2, -0.15) is 5.26 Å². The number of benzene rings is 1. The van der Waals surface area contributed by atoms with Gasteiger partial charge in [0.15, 0.2) is 0 Å². The van der Waals surface area contributed by atoms with E-state index in [1.54, 1.807) is 0 Å². The molecular weight excluding hydrogens is 270 g/mol. The number of hydrogen-bond donors (Lipinski definition) is 0. The maximum absolute atomic E-state index is 9.17. The van der Waals surface area contributed by atoms with Crippen molar-refractivity contribution in [3.63, 3.8) is 0 Å². The molecule has 1 nitrogen and oxygen atoms in total. The molecule has 1 aliphatic rings. The predicted octanol–water partition coefficient (Wildman–Crippen LogP) is 4.60. The van der Waals surface area contributed by atoms with Crippen LogP contribution in [0.5, 0.6) is 0 Å². The first-order chi connectivity index (χ1) is 8.17. The fourth-order valence-electron chi connectivity index (χ4n) is 1.64. The van der Waals surface area contributed by atoms with Gasteiger partial charge in [-0.25, -0.2) is 0 Å². The Balaban J connectivity index is 2.62. The molecule has 2 rings (SSSR count). The molecule has 84 valence electrons. The van der Waals surface area contributed by atoms with Crippen LogP contribution in [0.4, 0.5) is 0 Å². The Morgan fingerprint density at radius 3 is 2.53 bits per heavy atom. The number of nitriles is 1. The third kappa shape index (κ3) is 2.30. The average Bonchev–Trinajstić information content (AvgIpc) is 2.66. The normalized spacial score (nSPS) is 17.7. The van der Waals surface area contributed by atoms with Crippen LogP contribution in [0.2, 0.25) is 5.02 Å². The SMILES string of the molecule is C/C=C1/SC(=S)C(C#N)=C1c1ccc(Cl)cc1. The molecule has 1 heterocycles. The summed E-state index contributed by atoms with van der Waals surface area (Å²) in [5, 5.41) is 9.86. The van der Waals surface area contributed by atoms with Gasteiger partial charge in [0.1, 0.15) is 6.07 Å². The van der Waals surface area contributed by atoms with Gasteiger partial charge in [-0.15, -0.1) is 0 Å². The molecule has 0 aliphatic carbocycles. The van der Waals surface area contributed by atoms with Crippen LogP contribution in [0.25, 0.3) is 5.57 Å². The highest BCUT2D eigenvalue weighted by atomic mass is 35.5. The number of thiocarbonyl (C=S) groups is 1. The largest absolute Gasteiger partial charge is 0.192 e. The van der Waals surface area contributed by atoms with Crippen LogP contribution >= 0.6 is 35.6 Å². The molecule has 0 amide bonds. The van der Waals surface area contributed by atoms with E-state index in [9.17, 15) is 5.26 Å². The molecule has 17 heavy (non-hydrogen) atoms. The Morgan fingerprint density at radius 1 is 1.35 bits per heavy atom. The van der Waals surface area contributed by atoms with Crippen molar-refractivity contribution >= 4 is 45.4 Å². The standard InChI is InChI=1S/C13H8ClNS2/c1-2-11-12(10(7-15)13(16)17-11)8-3-5-9(14)6-4-8/h2-6H,1H3/b11-2+. The van der Waals surface area contributed by atoms with E-state index in [0.717, 1.165) is 16.0 Å². The summed E-state index contributed by atoms with van der Waals surface area (Å²) in [6.07, 6.45) is 1.98. The highest BCUT2D eigenvalue weighted by Crippen LogP contribution is 2.43. The summed E-state index contributed by atoms with van der Waals surface area (Å²) in [6, 6.07) is 9.64. The van der Waals surface area contributed by atoms with Gasteiger partial charge in [-0.05, 0) is 24.6 Å². The van der Waals surface area contributed by atoms with Gasteiger partial charge in [0.05, 0.1) is 9.77 Å². The van der Waals surface area contributed by atoms with Crippen molar-refractivity contribution in [3.05, 3.63) is 51.4 Å². The number of nitrogens with zero attached hydrogens (tertiary/aromatic N) is 1. The van der Waals surface area contributed by atoms with E-state index in [-0.39, 0.29) is 0 Å². The van der Waals surface area contributed by atoms with Crippen LogP contribution in [0.1, 0.15) is 12.5 Å². The molecule has 1 aromatic carbocycles. The monoisotopic (exact) mass is 277 g/mol. The van der Waals surface area contributed by atoms with Crippen LogP contribution in [-0.4, -0.2) is 4.20 Å². The van der Waals surface area contributed by atoms with Crippen LogP contribution < -0.4 is 0 Å². The zero-order chi connectivity index (χ0) is 12.4. The van der Waals surface area contributed by atoms with Crippen molar-refractivity contribution in [1.82, 2.24) is 0 Å². The lowest BCUT2D eigenvalue weighted by Gasteiger charge is -2.04. The third-order valence-electron chi connectivity index (χ3n) is 2.41. The van der Waals surface area contributed by atoms with Crippen molar-refractivity contribution in [3.8, 4) is 6.07 Å². The first-order valence-electron chi connectivity index (χ1n) is 4.96. The van der Waals surface area contributed by atoms with Gasteiger partial charge in [-0.1, -0.05) is 53.8 Å². The molecule has 0 aromatic heterocycles. The summed E-state index contributed by atoms with van der Waals surface area (Å²) in [4.78, 5) is 1.04. The maximum atomic E-state index is 9.17. The molecule has 0 fully saturated rings. The maximum Gasteiger partial charge on any atom is 0.102 e. The van der Waals surface area contributed by atoms with Crippen molar-refractivity contribution in [1.29, 1.82) is 5.26 Å². The minimum atomic E-state index is 0.584. The number of allylic oxidation sites excluding steroid dienone is 2. The quantitative estimate of drug-likeness (QED) is 0.701. The lowest BCUT2D eigenvalue weighted by atomic mass is 10.0. The number of hydrogen-bond acceptors (Lipinski definition) is 3. The van der Waals surface area contributed by atoms with E-state index < -0.39 is 0 Å². The predicted molar refractivity (Wildman–Crippen MR) is 77.9 cm³/mol. The Labute approximate surface area is 115 Å². The van der Waals surface area contributed by atoms with Crippen LogP contribution in [-0.2, 0) is 0 Å². The van der Waals surface area contributed by atoms with Gasteiger partial charge < -0.3 is 0 Å². The molecule has 0 bridgehead atoms. The number of rotatable bonds is 1. The first kappa shape index (κ1) is 12.4. The van der Waals surface area contributed by atoms with Crippen molar-refractivity contribution in [2.24, 2.45) is 0 Å². The zero-order valence-electron chi connectivity index (χ0n) is 9.03. The summed E-state index contributed by atoms with van der Waals surface area (Å²) in [6.45, 7) is 1.95. The van der Waals surface area contributed by atoms with E-state index in [0.29, 0.717) is 14.8 Å². The second kappa shape index (κ2) is 5.05. The second-order valence-electron chi connectivity index (χ2n) is 3.41. The molecule has 0 N–H and O–H groups in total. The summed E-state index contributed by atoms with van der Waals surface area (Å²) < 4.78 is 0.644. The Morgan fingerprint density at radius 2 is 2.00 bits per heavy atom. The lowest BCUT2D eigenvalue weighted by Crippen LogP contribution is -1.88. The Bertz CT molecular complexity index is 576. The van der Waals surface area contributed by atoms with E-state index in [2.05, 4.69) is 6.07 Å². The molecule has 0 atom stereocenters. The summed E-state index contributed by atoms with van der Waals surface area (Å²) in [5.74, 6) is 0. The van der Waals surface area contributed by atoms with Gasteiger partial charge in [0, 0.05) is 15.5 Å². The second-order valence-corrected chi connectivity index (χ2v) is 5.57. The number of halogens is 1. The fraction of sp³-hybridized carbons (Fsp3) is 0.0769. The minimum Gasteiger partial charge on any atom is -0.192 e. The molecule has 1 aromatic rings. The molecule has 0 saturated heterocycles. The summed E-state index contributed by atoms with van der Waals surface area (Å²) in [7, 11) is 0. The summed E-state index contributed by atoms with van der Waals surface area (Å²) >= 11 is 12.5. The third-order valence-corrected chi connectivity index (χ3v) is 4.17. The molecule has 0 unspecified atom stereocenters. The minimum absolute atomic E-state index is 0.584. The van der Waals surface area contributed by atoms with Crippen LogP contribution in [0.3, 0.4) is 0 Å². The van der Waals surface area contributed by atoms with Gasteiger partial charge in [-0.3, -0.25) is 0 Å². The van der Waals surface area contributed by atoms with Gasteiger partial charge in [0.25, 0.3) is 0 Å². The lowest BCUT2D eigenvalue weighted by molar-refractivity contribution is 1.51. The van der Waals surface area contributed by atoms with E-state index in [1.165, 1.54) is 11.8 Å². The van der Waals surface area contributed by atoms with Gasteiger partial charge in [0.2, 0.25) is 0 Å². The molecule has 4 heteroatoms. The molecule has 0 radical (unpaired) electrons. The molecule has 0 saturated carbocycles. The van der Waals surface area contributed by atoms with Crippen molar-refractivity contribution in [2.75, 3.05) is 0 Å². The fourth-order valence-corrected chi connectivity index (χ4v) is 3.07. The van der Waals surface area contributed by atoms with Crippen molar-refractivity contribution < 1.29 is 0 Å². The van der Waals surface area contributed by atoms with Crippen molar-refractivity contribution in [2.45, 2.75) is 6.92 Å². The Hall–Kier alpha value is -1.08. The Kier molecular flexibility index (Phi) is 3.68. The highest BCUT2D eigenvalue weighted by molar-refractivity contribution is 8.27. The highest BCUT2D eigenvalue weighted by Gasteiger charge is 2.25. The molecule has 1 aliphatic heterocycles. The van der Waals surface area contributed by atoms with E-state index >= 15 is 0 Å². The van der Waals surface area contributed by atoms with Gasteiger partial charge >= 0.3 is 0 Å². The molecule has 0 spiro atoms. The average molecular weight is 278 g/mol. The first-order valence-corrected chi connectivity index (χ1v) is 6.57. The van der Waals surface area contributed by atoms with E-state index in [1.807, 2.05) is 37.3 Å². The smallest absolute Gasteiger partial charge is 0.102 e. The topological polar surface area (TPSA) is 23.8 Å². The number of thioether (sulfide) groups is 1.